The van der Waals surface area contributed by atoms with Crippen LogP contribution in [0.5, 0.6) is 0 Å². The molecule has 0 radical (unpaired) electrons. The number of urea groups is 1. The smallest absolute Gasteiger partial charge is 0.320 e. The lowest BCUT2D eigenvalue weighted by molar-refractivity contribution is 0.184. The minimum atomic E-state index is -0.0600. The predicted octanol–water partition coefficient (Wildman–Crippen LogP) is 4.10. The van der Waals surface area contributed by atoms with Gasteiger partial charge in [0.05, 0.1) is 0 Å². The van der Waals surface area contributed by atoms with Gasteiger partial charge in [0.1, 0.15) is 5.01 Å². The van der Waals surface area contributed by atoms with Crippen molar-refractivity contribution in [3.63, 3.8) is 0 Å². The first-order valence-corrected chi connectivity index (χ1v) is 10.7. The first kappa shape index (κ1) is 18.4. The number of rotatable bonds is 6. The molecule has 1 aromatic heterocycles. The Balaban J connectivity index is 1.36. The standard InChI is InChI=1S/C20H27N5OS/c1-3-25(20(26)21-19-23-22-18(27-19)16-9-10-16)17-11-12-24(13-17)14(2)15-7-5-4-6-8-15/h4-8,14,16-17H,3,9-13H2,1-2H3,(H,21,23,26)/t14-,17+/m0/s1. The Hall–Kier alpha value is -1.99. The summed E-state index contributed by atoms with van der Waals surface area (Å²) in [5.74, 6) is 0.568. The van der Waals surface area contributed by atoms with Gasteiger partial charge in [-0.05, 0) is 38.7 Å². The Labute approximate surface area is 164 Å². The molecule has 2 atom stereocenters. The van der Waals surface area contributed by atoms with Crippen molar-refractivity contribution in [1.82, 2.24) is 20.0 Å². The Bertz CT molecular complexity index is 776. The predicted molar refractivity (Wildman–Crippen MR) is 108 cm³/mol. The molecule has 6 nitrogen and oxygen atoms in total. The van der Waals surface area contributed by atoms with Gasteiger partial charge in [-0.25, -0.2) is 4.79 Å². The number of amides is 2. The monoisotopic (exact) mass is 385 g/mol. The van der Waals surface area contributed by atoms with Gasteiger partial charge in [0, 0.05) is 37.6 Å². The fourth-order valence-electron chi connectivity index (χ4n) is 3.83. The summed E-state index contributed by atoms with van der Waals surface area (Å²) in [4.78, 5) is 17.2. The Morgan fingerprint density at radius 2 is 2.07 bits per heavy atom. The van der Waals surface area contributed by atoms with Crippen molar-refractivity contribution in [3.05, 3.63) is 40.9 Å². The van der Waals surface area contributed by atoms with Gasteiger partial charge < -0.3 is 4.90 Å². The van der Waals surface area contributed by atoms with Crippen LogP contribution in [0, 0.1) is 0 Å². The van der Waals surface area contributed by atoms with Crippen molar-refractivity contribution < 1.29 is 4.79 Å². The number of nitrogens with zero attached hydrogens (tertiary/aromatic N) is 4. The van der Waals surface area contributed by atoms with Crippen molar-refractivity contribution in [3.8, 4) is 0 Å². The summed E-state index contributed by atoms with van der Waals surface area (Å²) < 4.78 is 0. The highest BCUT2D eigenvalue weighted by molar-refractivity contribution is 7.15. The second kappa shape index (κ2) is 7.94. The number of likely N-dealkylation sites (tertiary alicyclic amines) is 1. The number of carbonyl (C=O) groups is 1. The second-order valence-electron chi connectivity index (χ2n) is 7.46. The molecule has 1 saturated heterocycles. The van der Waals surface area contributed by atoms with Gasteiger partial charge in [-0.15, -0.1) is 10.2 Å². The maximum atomic E-state index is 12.8. The van der Waals surface area contributed by atoms with Crippen LogP contribution in [0.25, 0.3) is 0 Å². The van der Waals surface area contributed by atoms with E-state index in [2.05, 4.69) is 51.6 Å². The third-order valence-electron chi connectivity index (χ3n) is 5.65. The zero-order chi connectivity index (χ0) is 18.8. The third kappa shape index (κ3) is 4.14. The molecule has 0 unspecified atom stereocenters. The Morgan fingerprint density at radius 1 is 1.30 bits per heavy atom. The first-order chi connectivity index (χ1) is 13.2. The fraction of sp³-hybridized carbons (Fsp3) is 0.550. The van der Waals surface area contributed by atoms with Crippen molar-refractivity contribution in [2.24, 2.45) is 0 Å². The van der Waals surface area contributed by atoms with Crippen LogP contribution in [0.15, 0.2) is 30.3 Å². The van der Waals surface area contributed by atoms with E-state index in [1.54, 1.807) is 0 Å². The molecule has 7 heteroatoms. The highest BCUT2D eigenvalue weighted by atomic mass is 32.1. The van der Waals surface area contributed by atoms with Gasteiger partial charge in [0.2, 0.25) is 5.13 Å². The van der Waals surface area contributed by atoms with Crippen molar-refractivity contribution in [2.45, 2.75) is 51.1 Å². The summed E-state index contributed by atoms with van der Waals surface area (Å²) in [6.45, 7) is 6.89. The van der Waals surface area contributed by atoms with Crippen LogP contribution in [0.2, 0.25) is 0 Å². The van der Waals surface area contributed by atoms with Gasteiger partial charge >= 0.3 is 6.03 Å². The molecule has 1 aliphatic carbocycles. The summed E-state index contributed by atoms with van der Waals surface area (Å²) >= 11 is 1.51. The Kier molecular flexibility index (Phi) is 5.41. The molecule has 0 bridgehead atoms. The van der Waals surface area contributed by atoms with Gasteiger partial charge in [-0.3, -0.25) is 10.2 Å². The lowest BCUT2D eigenvalue weighted by Crippen LogP contribution is -2.44. The first-order valence-electron chi connectivity index (χ1n) is 9.85. The number of likely N-dealkylation sites (N-methyl/N-ethyl adjacent to an activating group) is 1. The zero-order valence-electron chi connectivity index (χ0n) is 16.0. The van der Waals surface area contributed by atoms with E-state index in [0.717, 1.165) is 24.5 Å². The number of carbonyl (C=O) groups excluding carboxylic acids is 1. The van der Waals surface area contributed by atoms with Crippen LogP contribution in [-0.4, -0.2) is 51.7 Å². The molecule has 1 aromatic carbocycles. The van der Waals surface area contributed by atoms with Crippen LogP contribution >= 0.6 is 11.3 Å². The fourth-order valence-corrected chi connectivity index (χ4v) is 4.73. The number of hydrogen-bond donors (Lipinski definition) is 1. The maximum absolute atomic E-state index is 12.8. The van der Waals surface area contributed by atoms with E-state index in [-0.39, 0.29) is 12.1 Å². The van der Waals surface area contributed by atoms with E-state index in [9.17, 15) is 4.79 Å². The maximum Gasteiger partial charge on any atom is 0.323 e. The van der Waals surface area contributed by atoms with Crippen molar-refractivity contribution >= 4 is 22.5 Å². The van der Waals surface area contributed by atoms with Crippen LogP contribution in [-0.2, 0) is 0 Å². The number of aromatic nitrogens is 2. The summed E-state index contributed by atoms with van der Waals surface area (Å²) in [7, 11) is 0. The van der Waals surface area contributed by atoms with E-state index < -0.39 is 0 Å². The van der Waals surface area contributed by atoms with Crippen LogP contribution in [0.4, 0.5) is 9.93 Å². The second-order valence-corrected chi connectivity index (χ2v) is 8.47. The molecule has 1 aliphatic heterocycles. The van der Waals surface area contributed by atoms with E-state index in [1.807, 2.05) is 17.9 Å². The minimum Gasteiger partial charge on any atom is -0.320 e. The van der Waals surface area contributed by atoms with E-state index in [1.165, 1.54) is 29.7 Å². The lowest BCUT2D eigenvalue weighted by Gasteiger charge is -2.29. The molecule has 2 amide bonds. The minimum absolute atomic E-state index is 0.0600. The molecular formula is C20H27N5OS. The molecule has 1 N–H and O–H groups in total. The highest BCUT2D eigenvalue weighted by Crippen LogP contribution is 2.42. The van der Waals surface area contributed by atoms with Gasteiger partial charge in [-0.1, -0.05) is 41.7 Å². The molecule has 4 rings (SSSR count). The van der Waals surface area contributed by atoms with E-state index >= 15 is 0 Å². The van der Waals surface area contributed by atoms with Crippen LogP contribution < -0.4 is 5.32 Å². The largest absolute Gasteiger partial charge is 0.323 e. The molecular weight excluding hydrogens is 358 g/mol. The summed E-state index contributed by atoms with van der Waals surface area (Å²) in [6, 6.07) is 11.1. The SMILES string of the molecule is CCN(C(=O)Nc1nnc(C2CC2)s1)[C@@H]1CCN([C@@H](C)c2ccccc2)C1. The van der Waals surface area contributed by atoms with Gasteiger partial charge in [0.15, 0.2) is 0 Å². The van der Waals surface area contributed by atoms with E-state index in [0.29, 0.717) is 23.6 Å². The molecule has 2 fully saturated rings. The molecule has 0 spiro atoms. The number of hydrogen-bond acceptors (Lipinski definition) is 5. The normalized spacial score (nSPS) is 21.2. The van der Waals surface area contributed by atoms with Crippen molar-refractivity contribution in [2.75, 3.05) is 25.0 Å². The van der Waals surface area contributed by atoms with Gasteiger partial charge in [0.25, 0.3) is 0 Å². The van der Waals surface area contributed by atoms with Crippen molar-refractivity contribution in [1.29, 1.82) is 0 Å². The number of anilines is 1. The molecule has 2 aromatic rings. The molecule has 2 aliphatic rings. The van der Waals surface area contributed by atoms with E-state index in [4.69, 9.17) is 0 Å². The van der Waals surface area contributed by atoms with Gasteiger partial charge in [-0.2, -0.15) is 0 Å². The molecule has 1 saturated carbocycles. The lowest BCUT2D eigenvalue weighted by atomic mass is 10.1. The summed E-state index contributed by atoms with van der Waals surface area (Å²) in [5, 5.41) is 13.0. The quantitative estimate of drug-likeness (QED) is 0.813. The summed E-state index contributed by atoms with van der Waals surface area (Å²) in [6.07, 6.45) is 3.39. The Morgan fingerprint density at radius 3 is 2.78 bits per heavy atom. The van der Waals surface area contributed by atoms with Crippen LogP contribution in [0.1, 0.15) is 55.6 Å². The van der Waals surface area contributed by atoms with Crippen LogP contribution in [0.3, 0.4) is 0 Å². The third-order valence-corrected chi connectivity index (χ3v) is 6.65. The molecule has 144 valence electrons. The highest BCUT2D eigenvalue weighted by Gasteiger charge is 2.33. The average molecular weight is 386 g/mol. The average Bonchev–Trinajstić information content (AvgIpc) is 3.24. The number of benzene rings is 1. The number of nitrogens with one attached hydrogen (secondary N) is 1. The molecule has 2 heterocycles. The zero-order valence-corrected chi connectivity index (χ0v) is 16.8. The molecule has 27 heavy (non-hydrogen) atoms. The topological polar surface area (TPSA) is 61.4 Å². The summed E-state index contributed by atoms with van der Waals surface area (Å²) in [5.41, 5.74) is 1.33.